The van der Waals surface area contributed by atoms with Gasteiger partial charge in [0.1, 0.15) is 0 Å². The maximum atomic E-state index is 5.67. The number of nitrogens with two attached hydrogens (primary N) is 1. The number of rotatable bonds is 0. The summed E-state index contributed by atoms with van der Waals surface area (Å²) in [4.78, 5) is 4.22. The van der Waals surface area contributed by atoms with Gasteiger partial charge >= 0.3 is 0 Å². The van der Waals surface area contributed by atoms with Gasteiger partial charge in [-0.25, -0.2) is 4.98 Å². The number of fused-ring (bicyclic) bond motifs is 1. The number of hydrogen-bond donors (Lipinski definition) is 1. The average molecular weight is 226 g/mol. The summed E-state index contributed by atoms with van der Waals surface area (Å²) in [7, 11) is 0. The molecule has 0 radical (unpaired) electrons. The van der Waals surface area contributed by atoms with Gasteiger partial charge in [-0.2, -0.15) is 0 Å². The van der Waals surface area contributed by atoms with E-state index in [1.807, 2.05) is 29.8 Å². The first-order valence-corrected chi connectivity index (χ1v) is 4.36. The molecule has 12 heavy (non-hydrogen) atoms. The topological polar surface area (TPSA) is 43.3 Å². The van der Waals surface area contributed by atoms with Crippen molar-refractivity contribution < 1.29 is 0 Å². The van der Waals surface area contributed by atoms with Crippen LogP contribution in [-0.2, 0) is 0 Å². The van der Waals surface area contributed by atoms with Crippen LogP contribution in [0, 0.1) is 6.92 Å². The van der Waals surface area contributed by atoms with Crippen LogP contribution in [0.3, 0.4) is 0 Å². The van der Waals surface area contributed by atoms with E-state index >= 15 is 0 Å². The number of aromatic nitrogens is 2. The fourth-order valence-electron chi connectivity index (χ4n) is 1.18. The Balaban J connectivity index is 2.92. The molecule has 0 saturated heterocycles. The standard InChI is InChI=1S/C8H8BrN3/c1-5-3-11-8-7(9)2-6(10)4-12(5)8/h2-4H,10H2,1H3. The highest BCUT2D eigenvalue weighted by Gasteiger charge is 2.03. The van der Waals surface area contributed by atoms with Crippen molar-refractivity contribution >= 4 is 27.3 Å². The molecule has 0 aliphatic heterocycles. The second kappa shape index (κ2) is 2.48. The first-order chi connectivity index (χ1) is 5.68. The molecular weight excluding hydrogens is 218 g/mol. The van der Waals surface area contributed by atoms with E-state index in [1.54, 1.807) is 0 Å². The van der Waals surface area contributed by atoms with E-state index in [1.165, 1.54) is 0 Å². The van der Waals surface area contributed by atoms with Gasteiger partial charge in [-0.15, -0.1) is 0 Å². The number of anilines is 1. The number of halogens is 1. The summed E-state index contributed by atoms with van der Waals surface area (Å²) < 4.78 is 2.88. The molecule has 2 heterocycles. The van der Waals surface area contributed by atoms with Crippen LogP contribution in [-0.4, -0.2) is 9.38 Å². The van der Waals surface area contributed by atoms with Crippen LogP contribution in [0.4, 0.5) is 5.69 Å². The van der Waals surface area contributed by atoms with Crippen molar-refractivity contribution in [2.45, 2.75) is 6.92 Å². The Bertz CT molecular complexity index is 433. The monoisotopic (exact) mass is 225 g/mol. The third-order valence-electron chi connectivity index (χ3n) is 1.77. The maximum absolute atomic E-state index is 5.67. The number of aryl methyl sites for hydroxylation is 1. The lowest BCUT2D eigenvalue weighted by atomic mass is 10.4. The van der Waals surface area contributed by atoms with Gasteiger partial charge in [0.15, 0.2) is 5.65 Å². The average Bonchev–Trinajstić information content (AvgIpc) is 2.33. The lowest BCUT2D eigenvalue weighted by Gasteiger charge is -2.00. The highest BCUT2D eigenvalue weighted by Crippen LogP contribution is 2.20. The normalized spacial score (nSPS) is 10.8. The minimum Gasteiger partial charge on any atom is -0.397 e. The Kier molecular flexibility index (Phi) is 1.58. The molecular formula is C8H8BrN3. The van der Waals surface area contributed by atoms with Crippen molar-refractivity contribution in [2.75, 3.05) is 5.73 Å². The van der Waals surface area contributed by atoms with Crippen LogP contribution >= 0.6 is 15.9 Å². The van der Waals surface area contributed by atoms with Crippen molar-refractivity contribution in [3.8, 4) is 0 Å². The van der Waals surface area contributed by atoms with Crippen LogP contribution in [0.25, 0.3) is 5.65 Å². The molecule has 0 saturated carbocycles. The summed E-state index contributed by atoms with van der Waals surface area (Å²) in [6, 6.07) is 1.85. The van der Waals surface area contributed by atoms with E-state index in [0.717, 1.165) is 21.5 Å². The Labute approximate surface area is 78.3 Å². The fourth-order valence-corrected chi connectivity index (χ4v) is 1.74. The zero-order chi connectivity index (χ0) is 8.72. The van der Waals surface area contributed by atoms with Gasteiger partial charge in [0.05, 0.1) is 4.47 Å². The van der Waals surface area contributed by atoms with E-state index in [-0.39, 0.29) is 0 Å². The second-order valence-electron chi connectivity index (χ2n) is 2.71. The van der Waals surface area contributed by atoms with Gasteiger partial charge in [-0.3, -0.25) is 0 Å². The summed E-state index contributed by atoms with van der Waals surface area (Å²) in [6.45, 7) is 1.99. The fraction of sp³-hybridized carbons (Fsp3) is 0.125. The predicted octanol–water partition coefficient (Wildman–Crippen LogP) is 1.99. The number of nitrogens with zero attached hydrogens (tertiary/aromatic N) is 2. The number of imidazole rings is 1. The highest BCUT2D eigenvalue weighted by atomic mass is 79.9. The Hall–Kier alpha value is -1.03. The summed E-state index contributed by atoms with van der Waals surface area (Å²) in [5.74, 6) is 0. The van der Waals surface area contributed by atoms with E-state index in [2.05, 4.69) is 20.9 Å². The molecule has 2 aromatic rings. The SMILES string of the molecule is Cc1cnc2c(Br)cc(N)cn12. The van der Waals surface area contributed by atoms with E-state index in [0.29, 0.717) is 0 Å². The summed E-state index contributed by atoms with van der Waals surface area (Å²) in [5, 5.41) is 0. The summed E-state index contributed by atoms with van der Waals surface area (Å²) in [6.07, 6.45) is 3.68. The maximum Gasteiger partial charge on any atom is 0.151 e. The molecule has 0 unspecified atom stereocenters. The molecule has 3 nitrogen and oxygen atoms in total. The van der Waals surface area contributed by atoms with E-state index < -0.39 is 0 Å². The van der Waals surface area contributed by atoms with Crippen LogP contribution in [0.1, 0.15) is 5.69 Å². The molecule has 0 spiro atoms. The smallest absolute Gasteiger partial charge is 0.151 e. The lowest BCUT2D eigenvalue weighted by molar-refractivity contribution is 1.11. The van der Waals surface area contributed by atoms with Gasteiger partial charge in [0.25, 0.3) is 0 Å². The van der Waals surface area contributed by atoms with Crippen molar-refractivity contribution in [1.29, 1.82) is 0 Å². The lowest BCUT2D eigenvalue weighted by Crippen LogP contribution is -1.92. The summed E-state index contributed by atoms with van der Waals surface area (Å²) in [5.41, 5.74) is 8.39. The minimum absolute atomic E-state index is 0.732. The van der Waals surface area contributed by atoms with Gasteiger partial charge in [0.2, 0.25) is 0 Å². The molecule has 2 aromatic heterocycles. The number of hydrogen-bond acceptors (Lipinski definition) is 2. The van der Waals surface area contributed by atoms with Crippen molar-refractivity contribution in [3.05, 3.63) is 28.6 Å². The molecule has 0 aliphatic carbocycles. The van der Waals surface area contributed by atoms with Crippen molar-refractivity contribution in [1.82, 2.24) is 9.38 Å². The molecule has 0 aliphatic rings. The quantitative estimate of drug-likeness (QED) is 0.746. The second-order valence-corrected chi connectivity index (χ2v) is 3.57. The van der Waals surface area contributed by atoms with E-state index in [9.17, 15) is 0 Å². The van der Waals surface area contributed by atoms with Gasteiger partial charge in [-0.1, -0.05) is 0 Å². The van der Waals surface area contributed by atoms with Gasteiger partial charge < -0.3 is 10.1 Å². The molecule has 0 fully saturated rings. The zero-order valence-electron chi connectivity index (χ0n) is 6.58. The Morgan fingerprint density at radius 2 is 2.33 bits per heavy atom. The Morgan fingerprint density at radius 3 is 3.08 bits per heavy atom. The van der Waals surface area contributed by atoms with Crippen LogP contribution in [0.5, 0.6) is 0 Å². The molecule has 0 bridgehead atoms. The van der Waals surface area contributed by atoms with E-state index in [4.69, 9.17) is 5.73 Å². The van der Waals surface area contributed by atoms with Crippen LogP contribution < -0.4 is 5.73 Å². The van der Waals surface area contributed by atoms with Gasteiger partial charge in [-0.05, 0) is 28.9 Å². The number of nitrogen functional groups attached to an aromatic ring is 1. The third kappa shape index (κ3) is 0.992. The predicted molar refractivity (Wildman–Crippen MR) is 52.0 cm³/mol. The highest BCUT2D eigenvalue weighted by molar-refractivity contribution is 9.10. The first-order valence-electron chi connectivity index (χ1n) is 3.57. The molecule has 0 atom stereocenters. The molecule has 0 aromatic carbocycles. The minimum atomic E-state index is 0.732. The van der Waals surface area contributed by atoms with Crippen molar-refractivity contribution in [2.24, 2.45) is 0 Å². The van der Waals surface area contributed by atoms with Crippen molar-refractivity contribution in [3.63, 3.8) is 0 Å². The van der Waals surface area contributed by atoms with Crippen LogP contribution in [0.15, 0.2) is 22.9 Å². The largest absolute Gasteiger partial charge is 0.397 e. The molecule has 0 amide bonds. The molecule has 2 rings (SSSR count). The number of pyridine rings is 1. The molecule has 62 valence electrons. The molecule has 2 N–H and O–H groups in total. The zero-order valence-corrected chi connectivity index (χ0v) is 8.17. The van der Waals surface area contributed by atoms with Crippen LogP contribution in [0.2, 0.25) is 0 Å². The molecule has 4 heteroatoms. The van der Waals surface area contributed by atoms with Gasteiger partial charge in [0, 0.05) is 23.8 Å². The summed E-state index contributed by atoms with van der Waals surface area (Å²) >= 11 is 3.40. The third-order valence-corrected chi connectivity index (χ3v) is 2.35. The Morgan fingerprint density at radius 1 is 1.58 bits per heavy atom. The first kappa shape index (κ1) is 7.61.